The molecule has 2 aliphatic rings. The van der Waals surface area contributed by atoms with Crippen molar-refractivity contribution >= 4 is 21.6 Å². The molecule has 122 valence electrons. The molecule has 0 saturated heterocycles. The zero-order valence-electron chi connectivity index (χ0n) is 13.5. The Morgan fingerprint density at radius 2 is 2.13 bits per heavy atom. The Hall–Kier alpha value is -1.67. The van der Waals surface area contributed by atoms with Crippen LogP contribution >= 0.6 is 15.9 Å². The van der Waals surface area contributed by atoms with Gasteiger partial charge in [-0.05, 0) is 53.4 Å². The fraction of sp³-hybridized carbons (Fsp3) is 0.500. The van der Waals surface area contributed by atoms with E-state index >= 15 is 0 Å². The van der Waals surface area contributed by atoms with Gasteiger partial charge in [0, 0.05) is 17.5 Å². The standard InChI is InChI=1S/C18H21BrN2O2/c1-3-23-17-8-12-11-6-4-5-7-15(11)21-18(14(19)10-20)13(12)9-16(17)22-2/h8-9,11,15,21H,3-7H2,1-2H3/b18-14+. The fourth-order valence-electron chi connectivity index (χ4n) is 3.70. The smallest absolute Gasteiger partial charge is 0.161 e. The van der Waals surface area contributed by atoms with Crippen LogP contribution in [0.15, 0.2) is 16.6 Å². The molecule has 0 radical (unpaired) electrons. The molecule has 0 aromatic heterocycles. The molecule has 1 heterocycles. The number of methoxy groups -OCH3 is 1. The molecule has 1 saturated carbocycles. The van der Waals surface area contributed by atoms with E-state index in [4.69, 9.17) is 9.47 Å². The van der Waals surface area contributed by atoms with E-state index in [1.165, 1.54) is 24.8 Å². The van der Waals surface area contributed by atoms with Gasteiger partial charge < -0.3 is 14.8 Å². The second kappa shape index (κ2) is 6.84. The summed E-state index contributed by atoms with van der Waals surface area (Å²) in [4.78, 5) is 0. The van der Waals surface area contributed by atoms with E-state index in [0.29, 0.717) is 28.8 Å². The van der Waals surface area contributed by atoms with Crippen molar-refractivity contribution in [2.24, 2.45) is 0 Å². The summed E-state index contributed by atoms with van der Waals surface area (Å²) in [5, 5.41) is 12.9. The SMILES string of the molecule is CCOc1cc2c(cc1OC)/C(=C(\Br)C#N)NC1CCCCC21. The summed E-state index contributed by atoms with van der Waals surface area (Å²) < 4.78 is 11.8. The lowest BCUT2D eigenvalue weighted by molar-refractivity contribution is 0.306. The summed E-state index contributed by atoms with van der Waals surface area (Å²) in [5.74, 6) is 1.96. The highest BCUT2D eigenvalue weighted by Gasteiger charge is 2.35. The monoisotopic (exact) mass is 376 g/mol. The van der Waals surface area contributed by atoms with Gasteiger partial charge in [-0.15, -0.1) is 0 Å². The van der Waals surface area contributed by atoms with Crippen molar-refractivity contribution < 1.29 is 9.47 Å². The van der Waals surface area contributed by atoms with Crippen molar-refractivity contribution in [3.8, 4) is 17.6 Å². The van der Waals surface area contributed by atoms with Crippen molar-refractivity contribution in [2.45, 2.75) is 44.6 Å². The number of nitriles is 1. The van der Waals surface area contributed by atoms with E-state index in [2.05, 4.69) is 33.4 Å². The van der Waals surface area contributed by atoms with E-state index in [0.717, 1.165) is 23.4 Å². The number of halogens is 1. The fourth-order valence-corrected chi connectivity index (χ4v) is 4.03. The Morgan fingerprint density at radius 3 is 2.83 bits per heavy atom. The van der Waals surface area contributed by atoms with Crippen LogP contribution in [0.4, 0.5) is 0 Å². The zero-order chi connectivity index (χ0) is 16.4. The molecular weight excluding hydrogens is 356 g/mol. The van der Waals surface area contributed by atoms with Gasteiger partial charge in [-0.2, -0.15) is 5.26 Å². The lowest BCUT2D eigenvalue weighted by Gasteiger charge is -2.40. The predicted molar refractivity (Wildman–Crippen MR) is 93.8 cm³/mol. The number of nitrogens with one attached hydrogen (secondary N) is 1. The van der Waals surface area contributed by atoms with Crippen LogP contribution in [0.5, 0.6) is 11.5 Å². The third kappa shape index (κ3) is 2.92. The van der Waals surface area contributed by atoms with Crippen LogP contribution in [0.1, 0.15) is 49.7 Å². The predicted octanol–water partition coefficient (Wildman–Crippen LogP) is 4.31. The lowest BCUT2D eigenvalue weighted by Crippen LogP contribution is -2.40. The quantitative estimate of drug-likeness (QED) is 0.798. The summed E-state index contributed by atoms with van der Waals surface area (Å²) in [7, 11) is 1.65. The van der Waals surface area contributed by atoms with Crippen molar-refractivity contribution in [3.05, 3.63) is 27.7 Å². The minimum atomic E-state index is 0.384. The van der Waals surface area contributed by atoms with Crippen LogP contribution in [-0.2, 0) is 0 Å². The Kier molecular flexibility index (Phi) is 4.82. The molecule has 1 fully saturated rings. The first-order valence-electron chi connectivity index (χ1n) is 8.11. The Labute approximate surface area is 145 Å². The van der Waals surface area contributed by atoms with E-state index in [-0.39, 0.29) is 0 Å². The van der Waals surface area contributed by atoms with Crippen molar-refractivity contribution in [3.63, 3.8) is 0 Å². The van der Waals surface area contributed by atoms with E-state index in [1.807, 2.05) is 13.0 Å². The molecule has 1 aliphatic carbocycles. The molecular formula is C18H21BrN2O2. The van der Waals surface area contributed by atoms with Crippen LogP contribution in [0.25, 0.3) is 5.70 Å². The highest BCUT2D eigenvalue weighted by atomic mass is 79.9. The summed E-state index contributed by atoms with van der Waals surface area (Å²) in [5.41, 5.74) is 3.17. The van der Waals surface area contributed by atoms with Crippen molar-refractivity contribution in [1.82, 2.24) is 5.32 Å². The zero-order valence-corrected chi connectivity index (χ0v) is 15.1. The molecule has 5 heteroatoms. The van der Waals surface area contributed by atoms with Crippen LogP contribution in [0, 0.1) is 11.3 Å². The van der Waals surface area contributed by atoms with Gasteiger partial charge in [0.15, 0.2) is 11.5 Å². The third-order valence-electron chi connectivity index (χ3n) is 4.72. The van der Waals surface area contributed by atoms with Gasteiger partial charge in [-0.1, -0.05) is 12.8 Å². The molecule has 1 aromatic carbocycles. The van der Waals surface area contributed by atoms with E-state index in [1.54, 1.807) is 7.11 Å². The first kappa shape index (κ1) is 16.2. The second-order valence-electron chi connectivity index (χ2n) is 5.97. The first-order valence-corrected chi connectivity index (χ1v) is 8.90. The summed E-state index contributed by atoms with van der Waals surface area (Å²) in [6.45, 7) is 2.58. The van der Waals surface area contributed by atoms with Gasteiger partial charge in [-0.3, -0.25) is 0 Å². The summed E-state index contributed by atoms with van der Waals surface area (Å²) in [6, 6.07) is 6.70. The van der Waals surface area contributed by atoms with Crippen LogP contribution in [0.3, 0.4) is 0 Å². The second-order valence-corrected chi connectivity index (χ2v) is 6.76. The van der Waals surface area contributed by atoms with Gasteiger partial charge in [0.25, 0.3) is 0 Å². The van der Waals surface area contributed by atoms with Gasteiger partial charge >= 0.3 is 0 Å². The number of hydrogen-bond donors (Lipinski definition) is 1. The molecule has 0 spiro atoms. The molecule has 1 N–H and O–H groups in total. The van der Waals surface area contributed by atoms with Gasteiger partial charge in [0.05, 0.1) is 19.4 Å². The highest BCUT2D eigenvalue weighted by Crippen LogP contribution is 2.46. The van der Waals surface area contributed by atoms with Gasteiger partial charge in [0.2, 0.25) is 0 Å². The lowest BCUT2D eigenvalue weighted by atomic mass is 9.75. The van der Waals surface area contributed by atoms with Crippen molar-refractivity contribution in [2.75, 3.05) is 13.7 Å². The van der Waals surface area contributed by atoms with Crippen LogP contribution in [0.2, 0.25) is 0 Å². The largest absolute Gasteiger partial charge is 0.493 e. The number of ether oxygens (including phenoxy) is 2. The number of nitrogens with zero attached hydrogens (tertiary/aromatic N) is 1. The topological polar surface area (TPSA) is 54.3 Å². The molecule has 1 aliphatic heterocycles. The maximum atomic E-state index is 9.32. The number of rotatable bonds is 3. The molecule has 2 unspecified atom stereocenters. The van der Waals surface area contributed by atoms with E-state index < -0.39 is 0 Å². The summed E-state index contributed by atoms with van der Waals surface area (Å²) in [6.07, 6.45) is 4.78. The molecule has 2 atom stereocenters. The number of benzene rings is 1. The maximum Gasteiger partial charge on any atom is 0.161 e. The maximum absolute atomic E-state index is 9.32. The minimum absolute atomic E-state index is 0.384. The molecule has 3 rings (SSSR count). The normalized spacial score (nSPS) is 24.6. The van der Waals surface area contributed by atoms with Gasteiger partial charge in [-0.25, -0.2) is 0 Å². The number of fused-ring (bicyclic) bond motifs is 3. The average Bonchev–Trinajstić information content (AvgIpc) is 2.60. The average molecular weight is 377 g/mol. The Balaban J connectivity index is 2.18. The first-order chi connectivity index (χ1) is 11.2. The molecule has 0 bridgehead atoms. The van der Waals surface area contributed by atoms with Crippen LogP contribution < -0.4 is 14.8 Å². The highest BCUT2D eigenvalue weighted by molar-refractivity contribution is 9.12. The Bertz CT molecular complexity index is 678. The Morgan fingerprint density at radius 1 is 1.35 bits per heavy atom. The molecule has 23 heavy (non-hydrogen) atoms. The third-order valence-corrected chi connectivity index (χ3v) is 5.29. The number of allylic oxidation sites excluding steroid dienone is 1. The van der Waals surface area contributed by atoms with Crippen molar-refractivity contribution in [1.29, 1.82) is 5.26 Å². The molecule has 4 nitrogen and oxygen atoms in total. The molecule has 0 amide bonds. The minimum Gasteiger partial charge on any atom is -0.493 e. The van der Waals surface area contributed by atoms with Crippen LogP contribution in [-0.4, -0.2) is 19.8 Å². The number of hydrogen-bond acceptors (Lipinski definition) is 4. The molecule has 1 aromatic rings. The summed E-state index contributed by atoms with van der Waals surface area (Å²) >= 11 is 3.40. The van der Waals surface area contributed by atoms with E-state index in [9.17, 15) is 5.26 Å². The van der Waals surface area contributed by atoms with Gasteiger partial charge in [0.1, 0.15) is 10.6 Å².